The Morgan fingerprint density at radius 3 is 2.59 bits per heavy atom. The molecule has 6 heteroatoms. The first-order valence-corrected chi connectivity index (χ1v) is 10.8. The number of likely N-dealkylation sites (tertiary alicyclic amines) is 2. The van der Waals surface area contributed by atoms with E-state index >= 15 is 0 Å². The van der Waals surface area contributed by atoms with Crippen LogP contribution in [0, 0.1) is 5.92 Å². The van der Waals surface area contributed by atoms with E-state index in [2.05, 4.69) is 31.2 Å². The molecule has 2 aromatic heterocycles. The lowest BCUT2D eigenvalue weighted by molar-refractivity contribution is -0.127. The highest BCUT2D eigenvalue weighted by molar-refractivity contribution is 5.78. The number of nitrogens with zero attached hydrogens (tertiary/aromatic N) is 4. The number of rotatable bonds is 6. The molecule has 1 amide bonds. The number of amides is 1. The molecule has 0 aromatic carbocycles. The first-order chi connectivity index (χ1) is 14.3. The van der Waals surface area contributed by atoms with Gasteiger partial charge < -0.3 is 5.32 Å². The molecule has 6 nitrogen and oxygen atoms in total. The SMILES string of the molecule is O=C(NCc1ccncc1)[C@H]1CCCN(C2CCN(Cc3cccnc3)CC2)C1. The highest BCUT2D eigenvalue weighted by Crippen LogP contribution is 2.24. The van der Waals surface area contributed by atoms with Gasteiger partial charge in [0.25, 0.3) is 0 Å². The Morgan fingerprint density at radius 2 is 1.83 bits per heavy atom. The van der Waals surface area contributed by atoms with E-state index in [9.17, 15) is 4.79 Å². The number of pyridine rings is 2. The Kier molecular flexibility index (Phi) is 6.85. The van der Waals surface area contributed by atoms with Gasteiger partial charge in [0.15, 0.2) is 0 Å². The molecule has 4 heterocycles. The molecule has 2 aromatic rings. The van der Waals surface area contributed by atoms with E-state index in [0.717, 1.165) is 51.1 Å². The van der Waals surface area contributed by atoms with Crippen LogP contribution in [0.15, 0.2) is 49.1 Å². The van der Waals surface area contributed by atoms with Crippen molar-refractivity contribution in [3.05, 3.63) is 60.2 Å². The molecule has 0 aliphatic carbocycles. The van der Waals surface area contributed by atoms with Gasteiger partial charge in [-0.2, -0.15) is 0 Å². The molecule has 0 spiro atoms. The van der Waals surface area contributed by atoms with E-state index in [0.29, 0.717) is 12.6 Å². The third kappa shape index (κ3) is 5.61. The average Bonchev–Trinajstić information content (AvgIpc) is 2.79. The number of nitrogens with one attached hydrogen (secondary N) is 1. The second-order valence-corrected chi connectivity index (χ2v) is 8.28. The summed E-state index contributed by atoms with van der Waals surface area (Å²) in [6, 6.07) is 8.67. The Morgan fingerprint density at radius 1 is 1.00 bits per heavy atom. The molecule has 2 fully saturated rings. The molecule has 29 heavy (non-hydrogen) atoms. The number of hydrogen-bond donors (Lipinski definition) is 1. The number of hydrogen-bond acceptors (Lipinski definition) is 5. The fourth-order valence-corrected chi connectivity index (χ4v) is 4.58. The summed E-state index contributed by atoms with van der Waals surface area (Å²) >= 11 is 0. The Bertz CT molecular complexity index is 761. The zero-order chi connectivity index (χ0) is 19.9. The molecular weight excluding hydrogens is 362 g/mol. The van der Waals surface area contributed by atoms with Gasteiger partial charge in [0.2, 0.25) is 5.91 Å². The van der Waals surface area contributed by atoms with Crippen LogP contribution in [0.2, 0.25) is 0 Å². The van der Waals surface area contributed by atoms with Crippen molar-refractivity contribution in [2.24, 2.45) is 5.92 Å². The fourth-order valence-electron chi connectivity index (χ4n) is 4.58. The zero-order valence-electron chi connectivity index (χ0n) is 17.0. The summed E-state index contributed by atoms with van der Waals surface area (Å²) in [7, 11) is 0. The minimum Gasteiger partial charge on any atom is -0.352 e. The molecule has 2 aliphatic rings. The quantitative estimate of drug-likeness (QED) is 0.817. The molecule has 1 atom stereocenters. The van der Waals surface area contributed by atoms with Crippen LogP contribution in [0.1, 0.15) is 36.8 Å². The average molecular weight is 394 g/mol. The smallest absolute Gasteiger partial charge is 0.224 e. The summed E-state index contributed by atoms with van der Waals surface area (Å²) < 4.78 is 0. The predicted octanol–water partition coefficient (Wildman–Crippen LogP) is 2.47. The van der Waals surface area contributed by atoms with Crippen molar-refractivity contribution < 1.29 is 4.79 Å². The van der Waals surface area contributed by atoms with Gasteiger partial charge in [-0.05, 0) is 74.6 Å². The number of carbonyl (C=O) groups excluding carboxylic acids is 1. The van der Waals surface area contributed by atoms with Gasteiger partial charge in [-0.3, -0.25) is 24.6 Å². The second-order valence-electron chi connectivity index (χ2n) is 8.28. The molecule has 0 radical (unpaired) electrons. The summed E-state index contributed by atoms with van der Waals surface area (Å²) in [4.78, 5) is 26.0. The van der Waals surface area contributed by atoms with Crippen LogP contribution in [0.4, 0.5) is 0 Å². The van der Waals surface area contributed by atoms with Crippen molar-refractivity contribution in [1.29, 1.82) is 0 Å². The molecule has 4 rings (SSSR count). The van der Waals surface area contributed by atoms with Crippen molar-refractivity contribution in [2.75, 3.05) is 26.2 Å². The second kappa shape index (κ2) is 9.94. The molecule has 0 unspecified atom stereocenters. The molecule has 1 N–H and O–H groups in total. The van der Waals surface area contributed by atoms with Crippen molar-refractivity contribution in [3.63, 3.8) is 0 Å². The van der Waals surface area contributed by atoms with Crippen molar-refractivity contribution in [2.45, 2.75) is 44.8 Å². The van der Waals surface area contributed by atoms with E-state index in [1.165, 1.54) is 18.4 Å². The van der Waals surface area contributed by atoms with Crippen molar-refractivity contribution >= 4 is 5.91 Å². The maximum Gasteiger partial charge on any atom is 0.224 e. The van der Waals surface area contributed by atoms with Crippen LogP contribution in [0.3, 0.4) is 0 Å². The van der Waals surface area contributed by atoms with Crippen molar-refractivity contribution in [1.82, 2.24) is 25.1 Å². The summed E-state index contributed by atoms with van der Waals surface area (Å²) in [5.41, 5.74) is 2.39. The van der Waals surface area contributed by atoms with Crippen LogP contribution < -0.4 is 5.32 Å². The van der Waals surface area contributed by atoms with Crippen LogP contribution in [-0.4, -0.2) is 57.9 Å². The minimum atomic E-state index is 0.110. The maximum atomic E-state index is 12.7. The molecule has 2 saturated heterocycles. The van der Waals surface area contributed by atoms with Gasteiger partial charge in [0, 0.05) is 50.5 Å². The molecule has 2 aliphatic heterocycles. The summed E-state index contributed by atoms with van der Waals surface area (Å²) in [6.45, 7) is 5.84. The number of piperidine rings is 2. The monoisotopic (exact) mass is 393 g/mol. The Balaban J connectivity index is 1.23. The third-order valence-corrected chi connectivity index (χ3v) is 6.24. The zero-order valence-corrected chi connectivity index (χ0v) is 17.0. The fraction of sp³-hybridized carbons (Fsp3) is 0.522. The van der Waals surface area contributed by atoms with E-state index in [1.54, 1.807) is 12.4 Å². The normalized spacial score (nSPS) is 21.7. The van der Waals surface area contributed by atoms with E-state index < -0.39 is 0 Å². The lowest BCUT2D eigenvalue weighted by Crippen LogP contribution is -2.50. The van der Waals surface area contributed by atoms with Crippen LogP contribution in [-0.2, 0) is 17.9 Å². The third-order valence-electron chi connectivity index (χ3n) is 6.24. The summed E-state index contributed by atoms with van der Waals surface area (Å²) in [6.07, 6.45) is 11.8. The Labute approximate surface area is 173 Å². The molecule has 154 valence electrons. The Hall–Kier alpha value is -2.31. The van der Waals surface area contributed by atoms with Crippen LogP contribution in [0.5, 0.6) is 0 Å². The first kappa shape index (κ1) is 20.0. The first-order valence-electron chi connectivity index (χ1n) is 10.8. The highest BCUT2D eigenvalue weighted by Gasteiger charge is 2.31. The van der Waals surface area contributed by atoms with Gasteiger partial charge in [0.05, 0.1) is 5.92 Å². The van der Waals surface area contributed by atoms with Gasteiger partial charge in [0.1, 0.15) is 0 Å². The summed E-state index contributed by atoms with van der Waals surface area (Å²) in [5.74, 6) is 0.305. The van der Waals surface area contributed by atoms with Gasteiger partial charge in [-0.15, -0.1) is 0 Å². The van der Waals surface area contributed by atoms with Crippen LogP contribution in [0.25, 0.3) is 0 Å². The number of aromatic nitrogens is 2. The molecule has 0 saturated carbocycles. The van der Waals surface area contributed by atoms with Gasteiger partial charge in [-0.1, -0.05) is 6.07 Å². The predicted molar refractivity (Wildman–Crippen MR) is 113 cm³/mol. The lowest BCUT2D eigenvalue weighted by Gasteiger charge is -2.42. The highest BCUT2D eigenvalue weighted by atomic mass is 16.1. The van der Waals surface area contributed by atoms with Gasteiger partial charge >= 0.3 is 0 Å². The van der Waals surface area contributed by atoms with Crippen LogP contribution >= 0.6 is 0 Å². The summed E-state index contributed by atoms with van der Waals surface area (Å²) in [5, 5.41) is 3.12. The lowest BCUT2D eigenvalue weighted by atomic mass is 9.93. The molecular formula is C23H31N5O. The van der Waals surface area contributed by atoms with Gasteiger partial charge in [-0.25, -0.2) is 0 Å². The topological polar surface area (TPSA) is 61.4 Å². The van der Waals surface area contributed by atoms with E-state index in [1.807, 2.05) is 30.6 Å². The van der Waals surface area contributed by atoms with E-state index in [-0.39, 0.29) is 11.8 Å². The van der Waals surface area contributed by atoms with E-state index in [4.69, 9.17) is 0 Å². The minimum absolute atomic E-state index is 0.110. The largest absolute Gasteiger partial charge is 0.352 e. The number of carbonyl (C=O) groups is 1. The van der Waals surface area contributed by atoms with Crippen molar-refractivity contribution in [3.8, 4) is 0 Å². The molecule has 0 bridgehead atoms. The maximum absolute atomic E-state index is 12.7. The standard InChI is InChI=1S/C23H31N5O/c29-23(26-16-19-5-10-24-11-6-19)21-4-2-12-28(18-21)22-7-13-27(14-8-22)17-20-3-1-9-25-15-20/h1,3,5-6,9-11,15,21-22H,2,4,7-8,12-14,16-18H2,(H,26,29)/t21-/m0/s1.